The highest BCUT2D eigenvalue weighted by Crippen LogP contribution is 2.25. The number of aliphatic hydroxyl groups is 1. The molecule has 0 fully saturated rings. The largest absolute Gasteiger partial charge is 0.389 e. The maximum absolute atomic E-state index is 9.73. The predicted octanol–water partition coefficient (Wildman–Crippen LogP) is 4.14. The number of imidazole rings is 1. The summed E-state index contributed by atoms with van der Waals surface area (Å²) in [5.41, 5.74) is 6.01. The molecule has 118 valence electrons. The Hall–Kier alpha value is -2.98. The normalized spacial score (nSPS) is 12.4. The average Bonchev–Trinajstić information content (AvgIpc) is 3.06. The van der Waals surface area contributed by atoms with E-state index in [-0.39, 0.29) is 0 Å². The van der Waals surface area contributed by atoms with Gasteiger partial charge in [-0.15, -0.1) is 0 Å². The van der Waals surface area contributed by atoms with Gasteiger partial charge >= 0.3 is 0 Å². The van der Waals surface area contributed by atoms with Crippen molar-refractivity contribution < 1.29 is 5.11 Å². The number of hydrogen-bond donors (Lipinski definition) is 1. The first-order chi connectivity index (χ1) is 11.7. The van der Waals surface area contributed by atoms with Gasteiger partial charge in [0.15, 0.2) is 0 Å². The van der Waals surface area contributed by atoms with Crippen molar-refractivity contribution in [3.63, 3.8) is 0 Å². The highest BCUT2D eigenvalue weighted by Gasteiger charge is 2.08. The number of aliphatic hydroxyl groups excluding tert-OH is 1. The number of nitrogens with zero attached hydrogens (tertiary/aromatic N) is 3. The van der Waals surface area contributed by atoms with Gasteiger partial charge in [-0.3, -0.25) is 9.55 Å². The third-order valence-corrected chi connectivity index (χ3v) is 4.17. The van der Waals surface area contributed by atoms with Crippen LogP contribution in [-0.4, -0.2) is 19.6 Å². The molecule has 4 nitrogen and oxygen atoms in total. The molecule has 0 aliphatic carbocycles. The van der Waals surface area contributed by atoms with Crippen LogP contribution in [0.4, 0.5) is 0 Å². The maximum Gasteiger partial charge on any atom is 0.100 e. The molecule has 4 rings (SSSR count). The summed E-state index contributed by atoms with van der Waals surface area (Å²) in [5, 5.41) is 9.73. The van der Waals surface area contributed by atoms with Gasteiger partial charge < -0.3 is 5.11 Å². The van der Waals surface area contributed by atoms with Crippen LogP contribution in [0.2, 0.25) is 0 Å². The van der Waals surface area contributed by atoms with E-state index in [4.69, 9.17) is 0 Å². The van der Waals surface area contributed by atoms with Crippen LogP contribution >= 0.6 is 0 Å². The van der Waals surface area contributed by atoms with Gasteiger partial charge in [0.1, 0.15) is 6.33 Å². The molecule has 4 heteroatoms. The topological polar surface area (TPSA) is 50.9 Å². The van der Waals surface area contributed by atoms with E-state index >= 15 is 0 Å². The summed E-state index contributed by atoms with van der Waals surface area (Å²) < 4.78 is 2.06. The summed E-state index contributed by atoms with van der Waals surface area (Å²) in [5.74, 6) is 0. The zero-order chi connectivity index (χ0) is 16.5. The van der Waals surface area contributed by atoms with Crippen molar-refractivity contribution in [2.24, 2.45) is 0 Å². The Labute approximate surface area is 140 Å². The smallest absolute Gasteiger partial charge is 0.100 e. The van der Waals surface area contributed by atoms with Crippen LogP contribution in [0.25, 0.3) is 27.8 Å². The molecular weight excluding hydrogens is 298 g/mol. The number of hydrogen-bond acceptors (Lipinski definition) is 3. The van der Waals surface area contributed by atoms with Gasteiger partial charge in [-0.25, -0.2) is 4.98 Å². The minimum Gasteiger partial charge on any atom is -0.389 e. The molecule has 0 aliphatic heterocycles. The van der Waals surface area contributed by atoms with E-state index in [0.29, 0.717) is 0 Å². The van der Waals surface area contributed by atoms with E-state index < -0.39 is 6.10 Å². The first kappa shape index (κ1) is 14.6. The highest BCUT2D eigenvalue weighted by atomic mass is 16.3. The Balaban J connectivity index is 1.81. The van der Waals surface area contributed by atoms with Crippen LogP contribution in [-0.2, 0) is 0 Å². The van der Waals surface area contributed by atoms with Gasteiger partial charge in [-0.2, -0.15) is 0 Å². The van der Waals surface area contributed by atoms with E-state index in [0.717, 1.165) is 33.4 Å². The zero-order valence-corrected chi connectivity index (χ0v) is 13.3. The lowest BCUT2D eigenvalue weighted by Crippen LogP contribution is -1.94. The molecule has 0 amide bonds. The van der Waals surface area contributed by atoms with Gasteiger partial charge in [0.05, 0.1) is 17.1 Å². The lowest BCUT2D eigenvalue weighted by Gasteiger charge is -2.08. The van der Waals surface area contributed by atoms with Crippen LogP contribution in [0.1, 0.15) is 18.6 Å². The Morgan fingerprint density at radius 3 is 2.67 bits per heavy atom. The number of rotatable bonds is 3. The summed E-state index contributed by atoms with van der Waals surface area (Å²) >= 11 is 0. The lowest BCUT2D eigenvalue weighted by atomic mass is 10.1. The molecule has 2 aromatic carbocycles. The fourth-order valence-electron chi connectivity index (χ4n) is 2.86. The van der Waals surface area contributed by atoms with Crippen molar-refractivity contribution in [1.82, 2.24) is 14.5 Å². The van der Waals surface area contributed by atoms with Crippen molar-refractivity contribution >= 4 is 11.0 Å². The van der Waals surface area contributed by atoms with Crippen molar-refractivity contribution in [2.45, 2.75) is 13.0 Å². The maximum atomic E-state index is 9.73. The molecule has 24 heavy (non-hydrogen) atoms. The van der Waals surface area contributed by atoms with E-state index in [2.05, 4.69) is 32.7 Å². The van der Waals surface area contributed by atoms with Gasteiger partial charge in [0.2, 0.25) is 0 Å². The zero-order valence-electron chi connectivity index (χ0n) is 13.3. The first-order valence-electron chi connectivity index (χ1n) is 7.88. The fraction of sp³-hybridized carbons (Fsp3) is 0.100. The molecule has 2 aromatic heterocycles. The Bertz CT molecular complexity index is 990. The Morgan fingerprint density at radius 2 is 1.88 bits per heavy atom. The molecule has 4 aromatic rings. The summed E-state index contributed by atoms with van der Waals surface area (Å²) in [6, 6.07) is 18.2. The molecule has 0 saturated heterocycles. The van der Waals surface area contributed by atoms with Crippen molar-refractivity contribution in [2.75, 3.05) is 0 Å². The quantitative estimate of drug-likeness (QED) is 0.618. The molecule has 0 radical (unpaired) electrons. The fourth-order valence-corrected chi connectivity index (χ4v) is 2.86. The molecule has 0 bridgehead atoms. The minimum absolute atomic E-state index is 0.492. The standard InChI is InChI=1S/C20H17N3O/c1-14(24)15-7-8-20-19(11-15)22-13-23(20)18-6-2-4-16(10-18)17-5-3-9-21-12-17/h2-14,24H,1H3/t14-/m1/s1. The summed E-state index contributed by atoms with van der Waals surface area (Å²) in [6.07, 6.45) is 4.96. The molecule has 0 saturated carbocycles. The number of fused-ring (bicyclic) bond motifs is 1. The minimum atomic E-state index is -0.492. The number of benzene rings is 2. The lowest BCUT2D eigenvalue weighted by molar-refractivity contribution is 0.199. The SMILES string of the molecule is C[C@@H](O)c1ccc2c(c1)ncn2-c1cccc(-c2cccnc2)c1. The molecule has 2 heterocycles. The van der Waals surface area contributed by atoms with Gasteiger partial charge in [-0.1, -0.05) is 24.3 Å². The van der Waals surface area contributed by atoms with Crippen LogP contribution < -0.4 is 0 Å². The highest BCUT2D eigenvalue weighted by molar-refractivity contribution is 5.79. The van der Waals surface area contributed by atoms with Crippen molar-refractivity contribution in [3.05, 3.63) is 78.9 Å². The van der Waals surface area contributed by atoms with E-state index in [1.165, 1.54) is 0 Å². The second kappa shape index (κ2) is 5.91. The van der Waals surface area contributed by atoms with Gasteiger partial charge in [0, 0.05) is 23.6 Å². The van der Waals surface area contributed by atoms with E-state index in [1.807, 2.05) is 48.9 Å². The molecule has 1 N–H and O–H groups in total. The van der Waals surface area contributed by atoms with Crippen LogP contribution in [0.3, 0.4) is 0 Å². The van der Waals surface area contributed by atoms with Crippen molar-refractivity contribution in [1.29, 1.82) is 0 Å². The summed E-state index contributed by atoms with van der Waals surface area (Å²) in [7, 11) is 0. The summed E-state index contributed by atoms with van der Waals surface area (Å²) in [4.78, 5) is 8.67. The van der Waals surface area contributed by atoms with Gasteiger partial charge in [-0.05, 0) is 48.4 Å². The second-order valence-electron chi connectivity index (χ2n) is 5.83. The Morgan fingerprint density at radius 1 is 1.00 bits per heavy atom. The molecule has 0 unspecified atom stereocenters. The number of aromatic nitrogens is 3. The second-order valence-corrected chi connectivity index (χ2v) is 5.83. The molecule has 1 atom stereocenters. The number of pyridine rings is 1. The molecular formula is C20H17N3O. The third kappa shape index (κ3) is 2.57. The monoisotopic (exact) mass is 315 g/mol. The third-order valence-electron chi connectivity index (χ3n) is 4.17. The average molecular weight is 315 g/mol. The van der Waals surface area contributed by atoms with Crippen LogP contribution in [0.15, 0.2) is 73.3 Å². The predicted molar refractivity (Wildman–Crippen MR) is 94.9 cm³/mol. The molecule has 0 aliphatic rings. The first-order valence-corrected chi connectivity index (χ1v) is 7.88. The molecule has 0 spiro atoms. The van der Waals surface area contributed by atoms with Crippen LogP contribution in [0.5, 0.6) is 0 Å². The van der Waals surface area contributed by atoms with Crippen molar-refractivity contribution in [3.8, 4) is 16.8 Å². The van der Waals surface area contributed by atoms with Gasteiger partial charge in [0.25, 0.3) is 0 Å². The van der Waals surface area contributed by atoms with E-state index in [9.17, 15) is 5.11 Å². The van der Waals surface area contributed by atoms with Crippen LogP contribution in [0, 0.1) is 0 Å². The summed E-state index contributed by atoms with van der Waals surface area (Å²) in [6.45, 7) is 1.76. The Kier molecular flexibility index (Phi) is 3.59. The van der Waals surface area contributed by atoms with E-state index in [1.54, 1.807) is 13.1 Å².